The summed E-state index contributed by atoms with van der Waals surface area (Å²) in [6.07, 6.45) is 0. The van der Waals surface area contributed by atoms with E-state index in [0.29, 0.717) is 27.0 Å². The van der Waals surface area contributed by atoms with Crippen LogP contribution in [0.5, 0.6) is 0 Å². The third kappa shape index (κ3) is 2.79. The van der Waals surface area contributed by atoms with Gasteiger partial charge in [0.25, 0.3) is 0 Å². The van der Waals surface area contributed by atoms with Gasteiger partial charge in [0, 0.05) is 11.3 Å². The molecule has 0 fully saturated rings. The topological polar surface area (TPSA) is 37.8 Å². The van der Waals surface area contributed by atoms with Crippen LogP contribution < -0.4 is 5.32 Å². The molecule has 0 atom stereocenters. The quantitative estimate of drug-likeness (QED) is 0.830. The molecule has 2 rings (SSSR count). The molecule has 1 heterocycles. The molecule has 0 aliphatic rings. The summed E-state index contributed by atoms with van der Waals surface area (Å²) >= 11 is 9.07. The van der Waals surface area contributed by atoms with Crippen LogP contribution in [0.15, 0.2) is 22.7 Å². The Morgan fingerprint density at radius 2 is 2.00 bits per heavy atom. The fraction of sp³-hybridized carbons (Fsp3) is 0.167. The summed E-state index contributed by atoms with van der Waals surface area (Å²) in [7, 11) is 0. The lowest BCUT2D eigenvalue weighted by atomic mass is 10.3. The van der Waals surface area contributed by atoms with Crippen molar-refractivity contribution in [2.45, 2.75) is 13.8 Å². The number of benzene rings is 1. The van der Waals surface area contributed by atoms with Crippen LogP contribution in [-0.4, -0.2) is 9.97 Å². The molecule has 1 aromatic heterocycles. The van der Waals surface area contributed by atoms with E-state index in [0.717, 1.165) is 5.56 Å². The first-order valence-electron chi connectivity index (χ1n) is 5.20. The lowest BCUT2D eigenvalue weighted by Crippen LogP contribution is -2.01. The molecule has 18 heavy (non-hydrogen) atoms. The van der Waals surface area contributed by atoms with Crippen LogP contribution in [0.3, 0.4) is 0 Å². The van der Waals surface area contributed by atoms with Crippen LogP contribution in [0.4, 0.5) is 15.9 Å². The van der Waals surface area contributed by atoms with E-state index in [1.165, 1.54) is 6.07 Å². The molecule has 0 saturated heterocycles. The van der Waals surface area contributed by atoms with Gasteiger partial charge in [0.2, 0.25) is 0 Å². The molecule has 2 aromatic rings. The lowest BCUT2D eigenvalue weighted by molar-refractivity contribution is 0.622. The van der Waals surface area contributed by atoms with Crippen LogP contribution in [0.25, 0.3) is 0 Å². The molecule has 0 amide bonds. The van der Waals surface area contributed by atoms with E-state index in [9.17, 15) is 4.39 Å². The molecule has 0 bridgehead atoms. The van der Waals surface area contributed by atoms with Gasteiger partial charge >= 0.3 is 0 Å². The molecule has 1 N–H and O–H groups in total. The third-order valence-corrected chi connectivity index (χ3v) is 3.39. The molecule has 0 aliphatic heterocycles. The minimum Gasteiger partial charge on any atom is -0.340 e. The van der Waals surface area contributed by atoms with E-state index in [1.54, 1.807) is 26.0 Å². The summed E-state index contributed by atoms with van der Waals surface area (Å²) in [5.74, 6) is 0.800. The summed E-state index contributed by atoms with van der Waals surface area (Å²) in [4.78, 5) is 8.28. The van der Waals surface area contributed by atoms with Crippen LogP contribution in [0.1, 0.15) is 11.4 Å². The second-order valence-electron chi connectivity index (χ2n) is 3.79. The van der Waals surface area contributed by atoms with Gasteiger partial charge < -0.3 is 5.32 Å². The van der Waals surface area contributed by atoms with Crippen molar-refractivity contribution in [3.63, 3.8) is 0 Å². The third-order valence-electron chi connectivity index (χ3n) is 2.38. The summed E-state index contributed by atoms with van der Waals surface area (Å²) in [6.45, 7) is 3.55. The van der Waals surface area contributed by atoms with Crippen molar-refractivity contribution in [3.05, 3.63) is 45.0 Å². The van der Waals surface area contributed by atoms with Gasteiger partial charge in [-0.25, -0.2) is 14.4 Å². The van der Waals surface area contributed by atoms with E-state index in [-0.39, 0.29) is 5.82 Å². The summed E-state index contributed by atoms with van der Waals surface area (Å²) in [6, 6.07) is 4.76. The average Bonchev–Trinajstić information content (AvgIpc) is 2.30. The second kappa shape index (κ2) is 5.20. The predicted molar refractivity (Wildman–Crippen MR) is 73.9 cm³/mol. The van der Waals surface area contributed by atoms with Crippen molar-refractivity contribution in [2.75, 3.05) is 5.32 Å². The Balaban J connectivity index is 2.36. The van der Waals surface area contributed by atoms with Gasteiger partial charge in [-0.15, -0.1) is 0 Å². The number of anilines is 2. The summed E-state index contributed by atoms with van der Waals surface area (Å²) in [5, 5.41) is 3.42. The largest absolute Gasteiger partial charge is 0.340 e. The van der Waals surface area contributed by atoms with Crippen LogP contribution in [0, 0.1) is 19.7 Å². The van der Waals surface area contributed by atoms with E-state index >= 15 is 0 Å². The Kier molecular flexibility index (Phi) is 3.82. The van der Waals surface area contributed by atoms with Gasteiger partial charge in [-0.2, -0.15) is 0 Å². The minimum atomic E-state index is -0.338. The van der Waals surface area contributed by atoms with E-state index in [1.807, 2.05) is 0 Å². The first-order valence-corrected chi connectivity index (χ1v) is 6.37. The van der Waals surface area contributed by atoms with Crippen molar-refractivity contribution in [1.29, 1.82) is 0 Å². The molecular formula is C12H10BrClFN3. The maximum absolute atomic E-state index is 13.4. The predicted octanol–water partition coefficient (Wildman–Crippen LogP) is 4.39. The number of aryl methyl sites for hydroxylation is 1. The number of nitrogens with one attached hydrogen (secondary N) is 1. The number of aromatic nitrogens is 2. The molecular weight excluding hydrogens is 321 g/mol. The smallest absolute Gasteiger partial charge is 0.139 e. The number of hydrogen-bond donors (Lipinski definition) is 1. The number of halogens is 3. The molecule has 6 heteroatoms. The number of nitrogens with zero attached hydrogens (tertiary/aromatic N) is 2. The first kappa shape index (κ1) is 13.2. The molecule has 0 saturated carbocycles. The highest BCUT2D eigenvalue weighted by Crippen LogP contribution is 2.25. The zero-order valence-electron chi connectivity index (χ0n) is 9.76. The Morgan fingerprint density at radius 3 is 2.67 bits per heavy atom. The van der Waals surface area contributed by atoms with Gasteiger partial charge in [-0.1, -0.05) is 11.6 Å². The zero-order chi connectivity index (χ0) is 13.3. The molecule has 94 valence electrons. The van der Waals surface area contributed by atoms with E-state index < -0.39 is 0 Å². The fourth-order valence-electron chi connectivity index (χ4n) is 1.43. The Morgan fingerprint density at radius 1 is 1.28 bits per heavy atom. The highest BCUT2D eigenvalue weighted by molar-refractivity contribution is 9.10. The Hall–Kier alpha value is -1.20. The Bertz CT molecular complexity index is 604. The van der Waals surface area contributed by atoms with Gasteiger partial charge in [0.15, 0.2) is 0 Å². The van der Waals surface area contributed by atoms with E-state index in [4.69, 9.17) is 11.6 Å². The average molecular weight is 331 g/mol. The first-order chi connectivity index (χ1) is 8.47. The second-order valence-corrected chi connectivity index (χ2v) is 5.00. The monoisotopic (exact) mass is 329 g/mol. The maximum atomic E-state index is 13.4. The Labute approximate surface area is 118 Å². The van der Waals surface area contributed by atoms with Gasteiger partial charge in [0.05, 0.1) is 4.47 Å². The highest BCUT2D eigenvalue weighted by Gasteiger charge is 2.08. The van der Waals surface area contributed by atoms with Gasteiger partial charge in [-0.05, 0) is 48.0 Å². The lowest BCUT2D eigenvalue weighted by Gasteiger charge is -2.10. The SMILES string of the molecule is Cc1nc(Cl)c(C)c(Nc2ccc(Br)c(F)c2)n1. The normalized spacial score (nSPS) is 10.5. The minimum absolute atomic E-state index is 0.338. The number of rotatable bonds is 2. The standard InChI is InChI=1S/C12H10BrClFN3/c1-6-11(14)16-7(2)17-12(6)18-8-3-4-9(13)10(15)5-8/h3-5H,1-2H3,(H,16,17,18). The molecule has 0 spiro atoms. The summed E-state index contributed by atoms with van der Waals surface area (Å²) in [5.41, 5.74) is 1.33. The van der Waals surface area contributed by atoms with Crippen molar-refractivity contribution in [3.8, 4) is 0 Å². The van der Waals surface area contributed by atoms with Crippen LogP contribution >= 0.6 is 27.5 Å². The molecule has 0 aliphatic carbocycles. The van der Waals surface area contributed by atoms with Gasteiger partial charge in [-0.3, -0.25) is 0 Å². The highest BCUT2D eigenvalue weighted by atomic mass is 79.9. The van der Waals surface area contributed by atoms with Crippen molar-refractivity contribution in [2.24, 2.45) is 0 Å². The molecule has 1 aromatic carbocycles. The van der Waals surface area contributed by atoms with Crippen molar-refractivity contribution >= 4 is 39.0 Å². The van der Waals surface area contributed by atoms with Crippen molar-refractivity contribution in [1.82, 2.24) is 9.97 Å². The molecule has 0 radical (unpaired) electrons. The molecule has 3 nitrogen and oxygen atoms in total. The van der Waals surface area contributed by atoms with E-state index in [2.05, 4.69) is 31.2 Å². The van der Waals surface area contributed by atoms with Crippen molar-refractivity contribution < 1.29 is 4.39 Å². The molecule has 0 unspecified atom stereocenters. The summed E-state index contributed by atoms with van der Waals surface area (Å²) < 4.78 is 13.8. The number of hydrogen-bond acceptors (Lipinski definition) is 3. The maximum Gasteiger partial charge on any atom is 0.139 e. The fourth-order valence-corrected chi connectivity index (χ4v) is 1.89. The zero-order valence-corrected chi connectivity index (χ0v) is 12.1. The van der Waals surface area contributed by atoms with Crippen LogP contribution in [0.2, 0.25) is 5.15 Å². The van der Waals surface area contributed by atoms with Crippen LogP contribution in [-0.2, 0) is 0 Å². The van der Waals surface area contributed by atoms with Gasteiger partial charge in [0.1, 0.15) is 22.6 Å².